The van der Waals surface area contributed by atoms with Gasteiger partial charge in [0.05, 0.1) is 5.92 Å². The number of carbonyl (C=O) groups excluding carboxylic acids is 1. The van der Waals surface area contributed by atoms with Gasteiger partial charge in [-0.3, -0.25) is 4.79 Å². The van der Waals surface area contributed by atoms with Crippen molar-refractivity contribution < 1.29 is 9.53 Å². The van der Waals surface area contributed by atoms with Gasteiger partial charge in [0.15, 0.2) is 0 Å². The van der Waals surface area contributed by atoms with E-state index in [0.29, 0.717) is 13.1 Å². The summed E-state index contributed by atoms with van der Waals surface area (Å²) in [5, 5.41) is 0. The Labute approximate surface area is 116 Å². The van der Waals surface area contributed by atoms with Crippen LogP contribution in [0.5, 0.6) is 0 Å². The molecule has 0 saturated heterocycles. The van der Waals surface area contributed by atoms with Crippen molar-refractivity contribution in [3.8, 4) is 0 Å². The molecule has 4 N–H and O–H groups in total. The number of nitrogens with two attached hydrogens (primary N) is 2. The smallest absolute Gasteiger partial charge is 0.310 e. The zero-order chi connectivity index (χ0) is 14.3. The Bertz CT molecular complexity index is 352. The molecule has 3 aliphatic carbocycles. The van der Waals surface area contributed by atoms with Crippen LogP contribution in [0.4, 0.5) is 0 Å². The average Bonchev–Trinajstić information content (AvgIpc) is 2.38. The Kier molecular flexibility index (Phi) is 3.69. The van der Waals surface area contributed by atoms with Crippen molar-refractivity contribution in [2.24, 2.45) is 28.2 Å². The summed E-state index contributed by atoms with van der Waals surface area (Å²) < 4.78 is 5.61. The van der Waals surface area contributed by atoms with Crippen LogP contribution in [0.2, 0.25) is 0 Å². The Morgan fingerprint density at radius 2 is 1.74 bits per heavy atom. The van der Waals surface area contributed by atoms with E-state index < -0.39 is 5.60 Å². The van der Waals surface area contributed by atoms with Gasteiger partial charge in [-0.25, -0.2) is 0 Å². The molecule has 0 aliphatic heterocycles. The number of fused-ring (bicyclic) bond motifs is 3. The maximum absolute atomic E-state index is 12.5. The minimum Gasteiger partial charge on any atom is -0.460 e. The van der Waals surface area contributed by atoms with Crippen molar-refractivity contribution in [2.45, 2.75) is 58.5 Å². The van der Waals surface area contributed by atoms with Gasteiger partial charge in [-0.15, -0.1) is 0 Å². The summed E-state index contributed by atoms with van der Waals surface area (Å²) in [5.41, 5.74) is 11.7. The zero-order valence-electron chi connectivity index (χ0n) is 12.5. The number of hydrogen-bond donors (Lipinski definition) is 2. The Morgan fingerprint density at radius 3 is 2.16 bits per heavy atom. The van der Waals surface area contributed by atoms with E-state index in [2.05, 4.69) is 0 Å². The predicted molar refractivity (Wildman–Crippen MR) is 75.4 cm³/mol. The van der Waals surface area contributed by atoms with E-state index in [4.69, 9.17) is 16.2 Å². The van der Waals surface area contributed by atoms with E-state index >= 15 is 0 Å². The summed E-state index contributed by atoms with van der Waals surface area (Å²) in [7, 11) is 0. The Balaban J connectivity index is 2.20. The molecule has 0 aromatic heterocycles. The molecule has 3 fully saturated rings. The lowest BCUT2D eigenvalue weighted by Crippen LogP contribution is -2.56. The second kappa shape index (κ2) is 4.74. The highest BCUT2D eigenvalue weighted by Gasteiger charge is 2.56. The number of rotatable bonds is 3. The third kappa shape index (κ3) is 2.65. The number of hydrogen-bond acceptors (Lipinski definition) is 4. The van der Waals surface area contributed by atoms with E-state index in [1.165, 1.54) is 0 Å². The largest absolute Gasteiger partial charge is 0.460 e. The molecule has 3 rings (SSSR count). The normalized spacial score (nSPS) is 38.3. The van der Waals surface area contributed by atoms with E-state index in [-0.39, 0.29) is 22.7 Å². The minimum atomic E-state index is -0.431. The molecule has 4 heteroatoms. The van der Waals surface area contributed by atoms with E-state index in [1.807, 2.05) is 20.8 Å². The molecule has 3 aliphatic rings. The first kappa shape index (κ1) is 14.8. The van der Waals surface area contributed by atoms with Crippen molar-refractivity contribution in [1.82, 2.24) is 0 Å². The number of ether oxygens (including phenoxy) is 1. The molecule has 0 amide bonds. The lowest BCUT2D eigenvalue weighted by atomic mass is 9.49. The van der Waals surface area contributed by atoms with Gasteiger partial charge in [0, 0.05) is 0 Å². The maximum atomic E-state index is 12.5. The number of esters is 1. The van der Waals surface area contributed by atoms with Gasteiger partial charge < -0.3 is 16.2 Å². The fourth-order valence-electron chi connectivity index (χ4n) is 3.82. The highest BCUT2D eigenvalue weighted by Crippen LogP contribution is 2.59. The van der Waals surface area contributed by atoms with Gasteiger partial charge >= 0.3 is 5.97 Å². The Hall–Kier alpha value is -0.610. The lowest BCUT2D eigenvalue weighted by Gasteiger charge is -2.56. The van der Waals surface area contributed by atoms with Crippen LogP contribution >= 0.6 is 0 Å². The molecule has 0 heterocycles. The van der Waals surface area contributed by atoms with E-state index in [0.717, 1.165) is 32.1 Å². The summed E-state index contributed by atoms with van der Waals surface area (Å²) in [4.78, 5) is 12.5. The van der Waals surface area contributed by atoms with Crippen LogP contribution in [-0.2, 0) is 9.53 Å². The quantitative estimate of drug-likeness (QED) is 0.765. The van der Waals surface area contributed by atoms with Crippen LogP contribution in [0.15, 0.2) is 0 Å². The Morgan fingerprint density at radius 1 is 1.16 bits per heavy atom. The van der Waals surface area contributed by atoms with Crippen molar-refractivity contribution in [3.63, 3.8) is 0 Å². The standard InChI is InChI=1S/C15H28N2O2/c1-13(2,3)19-12(18)11-8-14(9-16)4-6-15(11,10-17)7-5-14/h11H,4-10,16-17H2,1-3H3. The van der Waals surface area contributed by atoms with Crippen LogP contribution in [0.1, 0.15) is 52.9 Å². The molecule has 3 saturated carbocycles. The number of carbonyl (C=O) groups is 1. The monoisotopic (exact) mass is 268 g/mol. The first-order chi connectivity index (χ1) is 8.76. The molecule has 0 radical (unpaired) electrons. The summed E-state index contributed by atoms with van der Waals surface area (Å²) >= 11 is 0. The van der Waals surface area contributed by atoms with E-state index in [9.17, 15) is 4.79 Å². The summed E-state index contributed by atoms with van der Waals surface area (Å²) in [6.07, 6.45) is 5.12. The molecular formula is C15H28N2O2. The molecule has 0 spiro atoms. The highest BCUT2D eigenvalue weighted by molar-refractivity contribution is 5.74. The van der Waals surface area contributed by atoms with Crippen molar-refractivity contribution in [1.29, 1.82) is 0 Å². The molecule has 110 valence electrons. The molecule has 4 nitrogen and oxygen atoms in total. The fourth-order valence-corrected chi connectivity index (χ4v) is 3.82. The molecule has 1 unspecified atom stereocenters. The van der Waals surface area contributed by atoms with Gasteiger partial charge in [-0.2, -0.15) is 0 Å². The fraction of sp³-hybridized carbons (Fsp3) is 0.933. The topological polar surface area (TPSA) is 78.3 Å². The van der Waals surface area contributed by atoms with Gasteiger partial charge in [0.25, 0.3) is 0 Å². The van der Waals surface area contributed by atoms with Gasteiger partial charge in [-0.05, 0) is 76.8 Å². The zero-order valence-corrected chi connectivity index (χ0v) is 12.5. The van der Waals surface area contributed by atoms with Gasteiger partial charge in [0.1, 0.15) is 5.60 Å². The molecule has 2 bridgehead atoms. The average molecular weight is 268 g/mol. The van der Waals surface area contributed by atoms with Crippen LogP contribution < -0.4 is 11.5 Å². The predicted octanol–water partition coefficient (Wildman–Crippen LogP) is 1.81. The van der Waals surface area contributed by atoms with Crippen molar-refractivity contribution in [3.05, 3.63) is 0 Å². The first-order valence-corrected chi connectivity index (χ1v) is 7.39. The second-order valence-corrected chi connectivity index (χ2v) is 7.56. The van der Waals surface area contributed by atoms with Crippen molar-refractivity contribution >= 4 is 5.97 Å². The van der Waals surface area contributed by atoms with Crippen LogP contribution in [0.25, 0.3) is 0 Å². The molecular weight excluding hydrogens is 240 g/mol. The maximum Gasteiger partial charge on any atom is 0.310 e. The van der Waals surface area contributed by atoms with E-state index in [1.54, 1.807) is 0 Å². The van der Waals surface area contributed by atoms with Gasteiger partial charge in [-0.1, -0.05) is 0 Å². The second-order valence-electron chi connectivity index (χ2n) is 7.56. The van der Waals surface area contributed by atoms with Crippen LogP contribution in [0.3, 0.4) is 0 Å². The van der Waals surface area contributed by atoms with Gasteiger partial charge in [0.2, 0.25) is 0 Å². The van der Waals surface area contributed by atoms with Crippen LogP contribution in [-0.4, -0.2) is 24.7 Å². The molecule has 0 aromatic carbocycles. The third-order valence-electron chi connectivity index (χ3n) is 5.21. The highest BCUT2D eigenvalue weighted by atomic mass is 16.6. The minimum absolute atomic E-state index is 0.0424. The SMILES string of the molecule is CC(C)(C)OC(=O)C1CC2(CN)CCC1(CN)CC2. The van der Waals surface area contributed by atoms with Crippen molar-refractivity contribution in [2.75, 3.05) is 13.1 Å². The summed E-state index contributed by atoms with van der Waals surface area (Å²) in [5.74, 6) is -0.141. The molecule has 19 heavy (non-hydrogen) atoms. The molecule has 1 atom stereocenters. The summed E-state index contributed by atoms with van der Waals surface area (Å²) in [6, 6.07) is 0. The summed E-state index contributed by atoms with van der Waals surface area (Å²) in [6.45, 7) is 7.00. The third-order valence-corrected chi connectivity index (χ3v) is 5.21. The molecule has 0 aromatic rings. The lowest BCUT2D eigenvalue weighted by molar-refractivity contribution is -0.176. The first-order valence-electron chi connectivity index (χ1n) is 7.39. The van der Waals surface area contributed by atoms with Crippen LogP contribution in [0, 0.1) is 16.7 Å².